The first-order chi connectivity index (χ1) is 6.79. The normalized spacial score (nSPS) is 25.5. The molecule has 2 amide bonds. The van der Waals surface area contributed by atoms with Gasteiger partial charge in [-0.1, -0.05) is 18.6 Å². The molecule has 2 rings (SSSR count). The van der Waals surface area contributed by atoms with Crippen molar-refractivity contribution in [3.8, 4) is 0 Å². The highest BCUT2D eigenvalue weighted by molar-refractivity contribution is 5.79. The second-order valence-electron chi connectivity index (χ2n) is 3.81. The Morgan fingerprint density at radius 1 is 1.64 bits per heavy atom. The van der Waals surface area contributed by atoms with Crippen molar-refractivity contribution < 1.29 is 4.79 Å². The van der Waals surface area contributed by atoms with Gasteiger partial charge in [0.1, 0.15) is 0 Å². The fraction of sp³-hybridized carbons (Fsp3) is 0.545. The lowest BCUT2D eigenvalue weighted by Crippen LogP contribution is -2.16. The lowest BCUT2D eigenvalue weighted by atomic mass is 9.94. The smallest absolute Gasteiger partial charge is 0.311 e. The Balaban J connectivity index is 1.92. The minimum absolute atomic E-state index is 0.222. The van der Waals surface area contributed by atoms with Crippen molar-refractivity contribution >= 4 is 6.03 Å². The maximum Gasteiger partial charge on any atom is 0.345 e. The number of amides is 2. The number of hydrogen-bond acceptors (Lipinski definition) is 1. The standard InChI is InChI=1S/C11H15N2O/c1-2-8-4-3-5-9(8)6-10-7-12-11(14)13-10/h4,7,9H,2-3,5-6H2,1H3,(H,12,14). The van der Waals surface area contributed by atoms with Gasteiger partial charge in [-0.2, -0.15) is 5.32 Å². The number of nitrogens with one attached hydrogen (secondary N) is 1. The summed E-state index contributed by atoms with van der Waals surface area (Å²) in [4.78, 5) is 10.8. The van der Waals surface area contributed by atoms with Crippen LogP contribution in [0.5, 0.6) is 0 Å². The number of carbonyl (C=O) groups is 1. The van der Waals surface area contributed by atoms with Crippen molar-refractivity contribution in [2.45, 2.75) is 32.6 Å². The summed E-state index contributed by atoms with van der Waals surface area (Å²) in [6, 6.07) is -0.222. The van der Waals surface area contributed by atoms with Crippen LogP contribution in [-0.4, -0.2) is 6.03 Å². The minimum atomic E-state index is -0.222. The van der Waals surface area contributed by atoms with Gasteiger partial charge in [0, 0.05) is 6.20 Å². The van der Waals surface area contributed by atoms with Crippen LogP contribution in [0.15, 0.2) is 23.5 Å². The molecule has 0 aromatic rings. The van der Waals surface area contributed by atoms with Crippen LogP contribution in [0.2, 0.25) is 0 Å². The molecule has 1 unspecified atom stereocenters. The number of carbonyl (C=O) groups excluding carboxylic acids is 1. The third-order valence-corrected chi connectivity index (χ3v) is 2.92. The Bertz CT molecular complexity index is 304. The topological polar surface area (TPSA) is 43.2 Å². The number of allylic oxidation sites excluding steroid dienone is 3. The van der Waals surface area contributed by atoms with Crippen molar-refractivity contribution in [2.24, 2.45) is 5.92 Å². The third kappa shape index (κ3) is 1.81. The molecule has 3 heteroatoms. The zero-order chi connectivity index (χ0) is 9.97. The molecular formula is C11H15N2O. The quantitative estimate of drug-likeness (QED) is 0.683. The molecule has 1 heterocycles. The van der Waals surface area contributed by atoms with E-state index in [1.165, 1.54) is 18.4 Å². The van der Waals surface area contributed by atoms with E-state index in [-0.39, 0.29) is 6.03 Å². The van der Waals surface area contributed by atoms with Crippen LogP contribution in [0.3, 0.4) is 0 Å². The van der Waals surface area contributed by atoms with E-state index in [9.17, 15) is 4.79 Å². The zero-order valence-corrected chi connectivity index (χ0v) is 8.42. The van der Waals surface area contributed by atoms with Crippen LogP contribution in [0.25, 0.3) is 0 Å². The average molecular weight is 191 g/mol. The van der Waals surface area contributed by atoms with E-state index in [1.807, 2.05) is 0 Å². The average Bonchev–Trinajstić information content (AvgIpc) is 2.76. The SMILES string of the molecule is CCC1=CCCC1CC1=CNC(=O)[N]1. The van der Waals surface area contributed by atoms with E-state index in [2.05, 4.69) is 23.6 Å². The van der Waals surface area contributed by atoms with Gasteiger partial charge in [-0.25, -0.2) is 4.79 Å². The van der Waals surface area contributed by atoms with Crippen molar-refractivity contribution in [2.75, 3.05) is 0 Å². The maximum atomic E-state index is 10.8. The van der Waals surface area contributed by atoms with Gasteiger partial charge in [0.15, 0.2) is 0 Å². The van der Waals surface area contributed by atoms with Crippen molar-refractivity contribution in [3.05, 3.63) is 23.5 Å². The predicted octanol–water partition coefficient (Wildman–Crippen LogP) is 2.29. The number of nitrogens with zero attached hydrogens (tertiary/aromatic N) is 1. The molecule has 0 bridgehead atoms. The molecule has 0 saturated heterocycles. The second kappa shape index (κ2) is 3.86. The van der Waals surface area contributed by atoms with E-state index in [1.54, 1.807) is 6.20 Å². The van der Waals surface area contributed by atoms with Crippen LogP contribution >= 0.6 is 0 Å². The molecule has 1 aliphatic heterocycles. The molecule has 0 spiro atoms. The van der Waals surface area contributed by atoms with Crippen molar-refractivity contribution in [1.29, 1.82) is 0 Å². The molecule has 1 atom stereocenters. The van der Waals surface area contributed by atoms with Crippen molar-refractivity contribution in [1.82, 2.24) is 10.6 Å². The van der Waals surface area contributed by atoms with Crippen LogP contribution in [0, 0.1) is 5.92 Å². The van der Waals surface area contributed by atoms with E-state index in [4.69, 9.17) is 0 Å². The van der Waals surface area contributed by atoms with Gasteiger partial charge in [-0.15, -0.1) is 0 Å². The third-order valence-electron chi connectivity index (χ3n) is 2.92. The number of urea groups is 1. The predicted molar refractivity (Wildman–Crippen MR) is 54.5 cm³/mol. The molecule has 0 fully saturated rings. The molecule has 2 aliphatic rings. The minimum Gasteiger partial charge on any atom is -0.311 e. The summed E-state index contributed by atoms with van der Waals surface area (Å²) in [5.41, 5.74) is 2.43. The van der Waals surface area contributed by atoms with Gasteiger partial charge >= 0.3 is 6.03 Å². The largest absolute Gasteiger partial charge is 0.345 e. The highest BCUT2D eigenvalue weighted by Gasteiger charge is 2.22. The van der Waals surface area contributed by atoms with E-state index in [0.29, 0.717) is 5.92 Å². The summed E-state index contributed by atoms with van der Waals surface area (Å²) in [5, 5.41) is 6.49. The Kier molecular flexibility index (Phi) is 2.57. The fourth-order valence-electron chi connectivity index (χ4n) is 2.19. The van der Waals surface area contributed by atoms with Crippen molar-refractivity contribution in [3.63, 3.8) is 0 Å². The summed E-state index contributed by atoms with van der Waals surface area (Å²) in [7, 11) is 0. The molecule has 1 N–H and O–H groups in total. The molecule has 0 aromatic carbocycles. The van der Waals surface area contributed by atoms with E-state index >= 15 is 0 Å². The first-order valence-corrected chi connectivity index (χ1v) is 5.19. The molecule has 1 radical (unpaired) electrons. The van der Waals surface area contributed by atoms with Gasteiger partial charge < -0.3 is 5.32 Å². The van der Waals surface area contributed by atoms with Gasteiger partial charge in [0.2, 0.25) is 0 Å². The molecule has 0 aromatic heterocycles. The Labute approximate surface area is 84.3 Å². The first-order valence-electron chi connectivity index (χ1n) is 5.19. The highest BCUT2D eigenvalue weighted by Crippen LogP contribution is 2.32. The van der Waals surface area contributed by atoms with Gasteiger partial charge in [-0.3, -0.25) is 0 Å². The molecule has 1 aliphatic carbocycles. The lowest BCUT2D eigenvalue weighted by molar-refractivity contribution is 0.248. The van der Waals surface area contributed by atoms with Gasteiger partial charge in [0.25, 0.3) is 0 Å². The van der Waals surface area contributed by atoms with Crippen LogP contribution in [0.4, 0.5) is 4.79 Å². The monoisotopic (exact) mass is 191 g/mol. The highest BCUT2D eigenvalue weighted by atomic mass is 16.2. The number of rotatable bonds is 3. The molecular weight excluding hydrogens is 176 g/mol. The maximum absolute atomic E-state index is 10.8. The zero-order valence-electron chi connectivity index (χ0n) is 8.42. The van der Waals surface area contributed by atoms with Gasteiger partial charge in [-0.05, 0) is 31.6 Å². The first kappa shape index (κ1) is 9.31. The summed E-state index contributed by atoms with van der Waals surface area (Å²) in [6.45, 7) is 2.19. The van der Waals surface area contributed by atoms with Crippen LogP contribution < -0.4 is 10.6 Å². The summed E-state index contributed by atoms with van der Waals surface area (Å²) in [6.07, 6.45) is 8.49. The lowest BCUT2D eigenvalue weighted by Gasteiger charge is -2.12. The van der Waals surface area contributed by atoms with Gasteiger partial charge in [0.05, 0.1) is 5.70 Å². The molecule has 75 valence electrons. The van der Waals surface area contributed by atoms with E-state index < -0.39 is 0 Å². The Morgan fingerprint density at radius 2 is 2.50 bits per heavy atom. The van der Waals surface area contributed by atoms with E-state index in [0.717, 1.165) is 18.5 Å². The Hall–Kier alpha value is -1.25. The van der Waals surface area contributed by atoms with Crippen LogP contribution in [0.1, 0.15) is 32.6 Å². The van der Waals surface area contributed by atoms with Crippen LogP contribution in [-0.2, 0) is 0 Å². The fourth-order valence-corrected chi connectivity index (χ4v) is 2.19. The summed E-state index contributed by atoms with van der Waals surface area (Å²) in [5.74, 6) is 0.614. The summed E-state index contributed by atoms with van der Waals surface area (Å²) >= 11 is 0. The molecule has 0 saturated carbocycles. The summed E-state index contributed by atoms with van der Waals surface area (Å²) < 4.78 is 0. The Morgan fingerprint density at radius 3 is 3.14 bits per heavy atom. The molecule has 3 nitrogen and oxygen atoms in total. The second-order valence-corrected chi connectivity index (χ2v) is 3.81. The molecule has 14 heavy (non-hydrogen) atoms. The number of hydrogen-bond donors (Lipinski definition) is 1.